The maximum absolute atomic E-state index is 12.9. The van der Waals surface area contributed by atoms with Gasteiger partial charge in [0, 0.05) is 23.9 Å². The number of carbonyl (C=O) groups excluding carboxylic acids is 1. The Hall–Kier alpha value is -3.03. The first-order chi connectivity index (χ1) is 12.9. The summed E-state index contributed by atoms with van der Waals surface area (Å²) in [5, 5.41) is 11.1. The van der Waals surface area contributed by atoms with Crippen LogP contribution < -0.4 is 0 Å². The van der Waals surface area contributed by atoms with Crippen LogP contribution in [0.3, 0.4) is 0 Å². The Kier molecular flexibility index (Phi) is 4.25. The third-order valence-corrected chi connectivity index (χ3v) is 4.59. The molecule has 1 aliphatic heterocycles. The van der Waals surface area contributed by atoms with E-state index in [2.05, 4.69) is 41.3 Å². The molecule has 0 bridgehead atoms. The van der Waals surface area contributed by atoms with Crippen LogP contribution in [0.4, 0.5) is 0 Å². The summed E-state index contributed by atoms with van der Waals surface area (Å²) in [6.45, 7) is 7.92. The van der Waals surface area contributed by atoms with Gasteiger partial charge in [0.05, 0.1) is 13.1 Å². The molecular formula is C19H22N6O2. The van der Waals surface area contributed by atoms with E-state index in [1.165, 1.54) is 0 Å². The number of amides is 1. The number of rotatable bonds is 3. The third-order valence-electron chi connectivity index (χ3n) is 4.59. The van der Waals surface area contributed by atoms with E-state index in [0.717, 1.165) is 22.9 Å². The zero-order valence-electron chi connectivity index (χ0n) is 15.7. The molecule has 1 aromatic carbocycles. The number of benzene rings is 1. The maximum atomic E-state index is 12.9. The zero-order chi connectivity index (χ0) is 19.0. The number of hydrogen-bond donors (Lipinski definition) is 0. The minimum atomic E-state index is -0.137. The monoisotopic (exact) mass is 366 g/mol. The molecule has 0 aliphatic carbocycles. The minimum absolute atomic E-state index is 0.00920. The summed E-state index contributed by atoms with van der Waals surface area (Å²) in [4.78, 5) is 19.3. The van der Waals surface area contributed by atoms with Crippen molar-refractivity contribution in [2.45, 2.75) is 45.7 Å². The highest BCUT2D eigenvalue weighted by molar-refractivity contribution is 5.94. The highest BCUT2D eigenvalue weighted by atomic mass is 16.4. The summed E-state index contributed by atoms with van der Waals surface area (Å²) in [6.07, 6.45) is 2.26. The fourth-order valence-electron chi connectivity index (χ4n) is 3.07. The molecule has 8 nitrogen and oxygen atoms in total. The molecular weight excluding hydrogens is 344 g/mol. The number of carbonyl (C=O) groups is 1. The van der Waals surface area contributed by atoms with Gasteiger partial charge in [-0.15, -0.1) is 5.10 Å². The van der Waals surface area contributed by atoms with Gasteiger partial charge < -0.3 is 9.32 Å². The Morgan fingerprint density at radius 3 is 2.67 bits per heavy atom. The highest BCUT2D eigenvalue weighted by Crippen LogP contribution is 2.27. The van der Waals surface area contributed by atoms with Crippen molar-refractivity contribution in [1.82, 2.24) is 30.1 Å². The lowest BCUT2D eigenvalue weighted by molar-refractivity contribution is 0.0727. The SMILES string of the molecule is CC(C)(C)c1nc2c(o1)CCN(C(=O)c1ccc(Cn3cnnn3)cc1)C2. The molecule has 140 valence electrons. The van der Waals surface area contributed by atoms with E-state index in [9.17, 15) is 4.79 Å². The molecule has 27 heavy (non-hydrogen) atoms. The largest absolute Gasteiger partial charge is 0.445 e. The van der Waals surface area contributed by atoms with E-state index >= 15 is 0 Å². The molecule has 0 unspecified atom stereocenters. The second-order valence-corrected chi connectivity index (χ2v) is 7.82. The predicted molar refractivity (Wildman–Crippen MR) is 97.0 cm³/mol. The summed E-state index contributed by atoms with van der Waals surface area (Å²) in [5.74, 6) is 1.64. The Morgan fingerprint density at radius 1 is 1.22 bits per heavy atom. The molecule has 0 fully saturated rings. The molecule has 0 atom stereocenters. The molecule has 0 spiro atoms. The van der Waals surface area contributed by atoms with E-state index in [-0.39, 0.29) is 11.3 Å². The highest BCUT2D eigenvalue weighted by Gasteiger charge is 2.29. The number of oxazole rings is 1. The Balaban J connectivity index is 1.46. The van der Waals surface area contributed by atoms with Crippen LogP contribution in [-0.2, 0) is 24.9 Å². The fraction of sp³-hybridized carbons (Fsp3) is 0.421. The van der Waals surface area contributed by atoms with Gasteiger partial charge in [0.2, 0.25) is 0 Å². The number of aromatic nitrogens is 5. The van der Waals surface area contributed by atoms with E-state index in [1.807, 2.05) is 29.2 Å². The van der Waals surface area contributed by atoms with Gasteiger partial charge in [-0.1, -0.05) is 32.9 Å². The van der Waals surface area contributed by atoms with Crippen LogP contribution in [-0.4, -0.2) is 42.5 Å². The minimum Gasteiger partial charge on any atom is -0.445 e. The van der Waals surface area contributed by atoms with Crippen molar-refractivity contribution in [3.63, 3.8) is 0 Å². The van der Waals surface area contributed by atoms with Gasteiger partial charge in [-0.3, -0.25) is 4.79 Å². The Bertz CT molecular complexity index is 938. The maximum Gasteiger partial charge on any atom is 0.254 e. The molecule has 0 radical (unpaired) electrons. The van der Waals surface area contributed by atoms with Crippen molar-refractivity contribution >= 4 is 5.91 Å². The topological polar surface area (TPSA) is 89.9 Å². The summed E-state index contributed by atoms with van der Waals surface area (Å²) < 4.78 is 7.54. The van der Waals surface area contributed by atoms with E-state index < -0.39 is 0 Å². The molecule has 4 rings (SSSR count). The van der Waals surface area contributed by atoms with E-state index in [1.54, 1.807) is 11.0 Å². The van der Waals surface area contributed by atoms with Gasteiger partial charge in [-0.2, -0.15) is 0 Å². The van der Waals surface area contributed by atoms with Gasteiger partial charge in [-0.05, 0) is 28.1 Å². The summed E-state index contributed by atoms with van der Waals surface area (Å²) in [7, 11) is 0. The number of hydrogen-bond acceptors (Lipinski definition) is 6. The van der Waals surface area contributed by atoms with E-state index in [0.29, 0.717) is 31.6 Å². The molecule has 2 aromatic heterocycles. The first-order valence-electron chi connectivity index (χ1n) is 8.98. The van der Waals surface area contributed by atoms with Crippen molar-refractivity contribution in [1.29, 1.82) is 0 Å². The normalized spacial score (nSPS) is 14.3. The second-order valence-electron chi connectivity index (χ2n) is 7.82. The van der Waals surface area contributed by atoms with Crippen molar-refractivity contribution in [2.75, 3.05) is 6.54 Å². The van der Waals surface area contributed by atoms with Gasteiger partial charge in [0.1, 0.15) is 17.8 Å². The summed E-state index contributed by atoms with van der Waals surface area (Å²) in [5.41, 5.74) is 2.43. The van der Waals surface area contributed by atoms with Gasteiger partial charge >= 0.3 is 0 Å². The van der Waals surface area contributed by atoms with Crippen LogP contribution in [0, 0.1) is 0 Å². The molecule has 3 aromatic rings. The zero-order valence-corrected chi connectivity index (χ0v) is 15.7. The lowest BCUT2D eigenvalue weighted by Gasteiger charge is -2.25. The van der Waals surface area contributed by atoms with Crippen LogP contribution in [0.1, 0.15) is 54.0 Å². The summed E-state index contributed by atoms with van der Waals surface area (Å²) >= 11 is 0. The average molecular weight is 366 g/mol. The molecule has 0 saturated carbocycles. The molecule has 1 amide bonds. The standard InChI is InChI=1S/C19H22N6O2/c1-19(2,3)18-21-15-11-24(9-8-16(15)27-18)17(26)14-6-4-13(5-7-14)10-25-12-20-22-23-25/h4-7,12H,8-11H2,1-3H3. The second kappa shape index (κ2) is 6.61. The van der Waals surface area contributed by atoms with Crippen LogP contribution in [0.25, 0.3) is 0 Å². The van der Waals surface area contributed by atoms with Crippen LogP contribution in [0.2, 0.25) is 0 Å². The van der Waals surface area contributed by atoms with E-state index in [4.69, 9.17) is 4.42 Å². The van der Waals surface area contributed by atoms with Crippen molar-refractivity contribution in [2.24, 2.45) is 0 Å². The molecule has 1 aliphatic rings. The quantitative estimate of drug-likeness (QED) is 0.706. The average Bonchev–Trinajstić information content (AvgIpc) is 3.30. The number of tetrazole rings is 1. The van der Waals surface area contributed by atoms with Crippen molar-refractivity contribution in [3.8, 4) is 0 Å². The first kappa shape index (κ1) is 17.4. The smallest absolute Gasteiger partial charge is 0.254 e. The predicted octanol–water partition coefficient (Wildman–Crippen LogP) is 2.21. The van der Waals surface area contributed by atoms with Crippen molar-refractivity contribution < 1.29 is 9.21 Å². The van der Waals surface area contributed by atoms with Gasteiger partial charge in [0.25, 0.3) is 5.91 Å². The van der Waals surface area contributed by atoms with Gasteiger partial charge in [-0.25, -0.2) is 9.67 Å². The summed E-state index contributed by atoms with van der Waals surface area (Å²) in [6, 6.07) is 7.55. The van der Waals surface area contributed by atoms with Crippen LogP contribution in [0.15, 0.2) is 35.0 Å². The van der Waals surface area contributed by atoms with Gasteiger partial charge in [0.15, 0.2) is 5.89 Å². The third kappa shape index (κ3) is 3.60. The lowest BCUT2D eigenvalue weighted by atomic mass is 9.97. The molecule has 0 saturated heterocycles. The molecule has 0 N–H and O–H groups in total. The Labute approximate surface area is 157 Å². The molecule has 8 heteroatoms. The lowest BCUT2D eigenvalue weighted by Crippen LogP contribution is -2.35. The van der Waals surface area contributed by atoms with Crippen molar-refractivity contribution in [3.05, 3.63) is 59.1 Å². The van der Waals surface area contributed by atoms with Crippen LogP contribution in [0.5, 0.6) is 0 Å². The number of fused-ring (bicyclic) bond motifs is 1. The first-order valence-corrected chi connectivity index (χ1v) is 8.98. The number of nitrogens with zero attached hydrogens (tertiary/aromatic N) is 6. The Morgan fingerprint density at radius 2 is 2.00 bits per heavy atom. The molecule has 3 heterocycles. The van der Waals surface area contributed by atoms with Crippen LogP contribution >= 0.6 is 0 Å². The fourth-order valence-corrected chi connectivity index (χ4v) is 3.07.